The topological polar surface area (TPSA) is 146 Å². The highest BCUT2D eigenvalue weighted by molar-refractivity contribution is 6.11. The third-order valence-electron chi connectivity index (χ3n) is 5.84. The number of rotatable bonds is 6. The number of nitrogens with zero attached hydrogens (tertiary/aromatic N) is 3. The number of carbonyl (C=O) groups is 4. The van der Waals surface area contributed by atoms with Crippen LogP contribution in [0.25, 0.3) is 0 Å². The van der Waals surface area contributed by atoms with Crippen LogP contribution in [0.15, 0.2) is 36.5 Å². The van der Waals surface area contributed by atoms with E-state index in [1.165, 1.54) is 43.5 Å². The van der Waals surface area contributed by atoms with Gasteiger partial charge in [0.15, 0.2) is 5.78 Å². The molecule has 2 fully saturated rings. The molecular formula is C21H21N5O6. The Morgan fingerprint density at radius 1 is 1.19 bits per heavy atom. The fourth-order valence-corrected chi connectivity index (χ4v) is 3.97. The first-order valence-corrected chi connectivity index (χ1v) is 10.1. The first-order chi connectivity index (χ1) is 15.2. The summed E-state index contributed by atoms with van der Waals surface area (Å²) in [5.41, 5.74) is -1.08. The number of aromatic nitrogens is 1. The third-order valence-corrected chi connectivity index (χ3v) is 5.84. The number of urea groups is 1. The van der Waals surface area contributed by atoms with Gasteiger partial charge in [0, 0.05) is 37.0 Å². The monoisotopic (exact) mass is 439 g/mol. The molecule has 0 radical (unpaired) electrons. The summed E-state index contributed by atoms with van der Waals surface area (Å²) in [6, 6.07) is 6.06. The Kier molecular flexibility index (Phi) is 5.25. The van der Waals surface area contributed by atoms with E-state index in [2.05, 4.69) is 10.3 Å². The number of benzene rings is 1. The summed E-state index contributed by atoms with van der Waals surface area (Å²) >= 11 is 0. The number of ketones is 1. The number of non-ortho nitro benzene ring substituents is 1. The van der Waals surface area contributed by atoms with Crippen LogP contribution in [0, 0.1) is 10.1 Å². The maximum absolute atomic E-state index is 13.0. The molecule has 32 heavy (non-hydrogen) atoms. The molecule has 2 N–H and O–H groups in total. The Labute approximate surface area is 182 Å². The van der Waals surface area contributed by atoms with E-state index in [0.29, 0.717) is 13.1 Å². The van der Waals surface area contributed by atoms with Crippen molar-refractivity contribution in [3.8, 4) is 0 Å². The lowest BCUT2D eigenvalue weighted by molar-refractivity contribution is -0.385. The van der Waals surface area contributed by atoms with Crippen LogP contribution in [0.3, 0.4) is 0 Å². The molecule has 2 saturated heterocycles. The number of aromatic amines is 1. The summed E-state index contributed by atoms with van der Waals surface area (Å²) in [5, 5.41) is 13.6. The molecular weight excluding hydrogens is 418 g/mol. The molecule has 2 aromatic rings. The molecule has 3 heterocycles. The van der Waals surface area contributed by atoms with E-state index in [4.69, 9.17) is 0 Å². The van der Waals surface area contributed by atoms with Gasteiger partial charge in [-0.1, -0.05) is 12.1 Å². The second kappa shape index (κ2) is 7.91. The summed E-state index contributed by atoms with van der Waals surface area (Å²) in [7, 11) is 0. The lowest BCUT2D eigenvalue weighted by atomic mass is 9.91. The van der Waals surface area contributed by atoms with Gasteiger partial charge in [0.2, 0.25) is 0 Å². The predicted molar refractivity (Wildman–Crippen MR) is 111 cm³/mol. The SMILES string of the molecule is CC1(c2cccc([N+](=O)[O-])c2)NC(=O)N(CC(=O)c2c[nH]c(C(=O)N3CCCC3)c2)C1=O. The van der Waals surface area contributed by atoms with Crippen LogP contribution in [0.4, 0.5) is 10.5 Å². The van der Waals surface area contributed by atoms with E-state index >= 15 is 0 Å². The van der Waals surface area contributed by atoms with E-state index in [-0.39, 0.29) is 28.4 Å². The van der Waals surface area contributed by atoms with Crippen LogP contribution in [-0.4, -0.2) is 63.0 Å². The minimum Gasteiger partial charge on any atom is -0.356 e. The fraction of sp³-hybridized carbons (Fsp3) is 0.333. The first-order valence-electron chi connectivity index (χ1n) is 10.1. The van der Waals surface area contributed by atoms with Crippen LogP contribution >= 0.6 is 0 Å². The summed E-state index contributed by atoms with van der Waals surface area (Å²) in [4.78, 5) is 66.4. The summed E-state index contributed by atoms with van der Waals surface area (Å²) in [5.74, 6) is -1.41. The smallest absolute Gasteiger partial charge is 0.325 e. The molecule has 4 amide bonds. The third kappa shape index (κ3) is 3.61. The van der Waals surface area contributed by atoms with Crippen molar-refractivity contribution < 1.29 is 24.1 Å². The van der Waals surface area contributed by atoms with Gasteiger partial charge in [-0.25, -0.2) is 4.79 Å². The number of Topliss-reactive ketones (excluding diaryl/α,β-unsaturated/α-hetero) is 1. The summed E-state index contributed by atoms with van der Waals surface area (Å²) < 4.78 is 0. The Hall–Kier alpha value is -4.02. The molecule has 1 aromatic carbocycles. The van der Waals surface area contributed by atoms with Crippen molar-refractivity contribution in [2.75, 3.05) is 19.6 Å². The van der Waals surface area contributed by atoms with Crippen LogP contribution in [0.1, 0.15) is 46.2 Å². The molecule has 1 atom stereocenters. The number of H-pyrrole nitrogens is 1. The number of carbonyl (C=O) groups excluding carboxylic acids is 4. The number of amides is 4. The molecule has 0 spiro atoms. The number of likely N-dealkylation sites (tertiary alicyclic amines) is 1. The zero-order valence-electron chi connectivity index (χ0n) is 17.3. The number of nitro benzene ring substituents is 1. The Balaban J connectivity index is 1.50. The normalized spacial score (nSPS) is 20.5. The number of imide groups is 1. The number of nitro groups is 1. The van der Waals surface area contributed by atoms with Crippen molar-refractivity contribution in [1.29, 1.82) is 0 Å². The van der Waals surface area contributed by atoms with Crippen molar-refractivity contribution in [1.82, 2.24) is 20.1 Å². The van der Waals surface area contributed by atoms with Gasteiger partial charge in [-0.2, -0.15) is 0 Å². The molecule has 0 bridgehead atoms. The van der Waals surface area contributed by atoms with Crippen LogP contribution in [-0.2, 0) is 10.3 Å². The maximum atomic E-state index is 13.0. The molecule has 1 aromatic heterocycles. The van der Waals surface area contributed by atoms with Gasteiger partial charge < -0.3 is 15.2 Å². The number of hydrogen-bond donors (Lipinski definition) is 2. The standard InChI is InChI=1S/C21H21N5O6/c1-21(14-5-4-6-15(10-14)26(31)32)19(29)25(20(30)23-21)12-17(27)13-9-16(22-11-13)18(28)24-7-2-3-8-24/h4-6,9-11,22H,2-3,7-8,12H2,1H3,(H,23,30). The molecule has 11 heteroatoms. The lowest BCUT2D eigenvalue weighted by Crippen LogP contribution is -2.41. The highest BCUT2D eigenvalue weighted by Crippen LogP contribution is 2.31. The Bertz CT molecular complexity index is 1140. The van der Waals surface area contributed by atoms with Crippen LogP contribution in [0.5, 0.6) is 0 Å². The largest absolute Gasteiger partial charge is 0.356 e. The van der Waals surface area contributed by atoms with Gasteiger partial charge in [0.25, 0.3) is 17.5 Å². The minimum absolute atomic E-state index is 0.178. The van der Waals surface area contributed by atoms with Gasteiger partial charge in [-0.15, -0.1) is 0 Å². The van der Waals surface area contributed by atoms with Crippen molar-refractivity contribution in [2.45, 2.75) is 25.3 Å². The van der Waals surface area contributed by atoms with E-state index in [9.17, 15) is 29.3 Å². The lowest BCUT2D eigenvalue weighted by Gasteiger charge is -2.21. The van der Waals surface area contributed by atoms with Gasteiger partial charge >= 0.3 is 6.03 Å². The van der Waals surface area contributed by atoms with Crippen LogP contribution < -0.4 is 5.32 Å². The number of nitrogens with one attached hydrogen (secondary N) is 2. The van der Waals surface area contributed by atoms with Gasteiger partial charge in [0.1, 0.15) is 11.2 Å². The van der Waals surface area contributed by atoms with E-state index in [1.54, 1.807) is 4.90 Å². The molecule has 2 aliphatic rings. The fourth-order valence-electron chi connectivity index (χ4n) is 3.97. The molecule has 11 nitrogen and oxygen atoms in total. The Morgan fingerprint density at radius 2 is 1.91 bits per heavy atom. The molecule has 166 valence electrons. The van der Waals surface area contributed by atoms with Crippen molar-refractivity contribution in [3.05, 3.63) is 63.5 Å². The van der Waals surface area contributed by atoms with E-state index < -0.39 is 34.7 Å². The first kappa shape index (κ1) is 21.2. The zero-order valence-corrected chi connectivity index (χ0v) is 17.3. The minimum atomic E-state index is -1.54. The predicted octanol–water partition coefficient (Wildman–Crippen LogP) is 1.81. The zero-order chi connectivity index (χ0) is 23.0. The van der Waals surface area contributed by atoms with Crippen molar-refractivity contribution in [2.24, 2.45) is 0 Å². The van der Waals surface area contributed by atoms with Crippen molar-refractivity contribution >= 4 is 29.3 Å². The highest BCUT2D eigenvalue weighted by Gasteiger charge is 2.49. The second-order valence-electron chi connectivity index (χ2n) is 7.98. The molecule has 0 saturated carbocycles. The van der Waals surface area contributed by atoms with Gasteiger partial charge in [-0.3, -0.25) is 29.4 Å². The average Bonchev–Trinajstić information content (AvgIpc) is 3.52. The summed E-state index contributed by atoms with van der Waals surface area (Å²) in [6.45, 7) is 2.24. The van der Waals surface area contributed by atoms with Gasteiger partial charge in [-0.05, 0) is 31.4 Å². The quantitative estimate of drug-likeness (QED) is 0.304. The van der Waals surface area contributed by atoms with E-state index in [0.717, 1.165) is 17.7 Å². The maximum Gasteiger partial charge on any atom is 0.325 e. The van der Waals surface area contributed by atoms with E-state index in [1.807, 2.05) is 0 Å². The molecule has 2 aliphatic heterocycles. The second-order valence-corrected chi connectivity index (χ2v) is 7.98. The summed E-state index contributed by atoms with van der Waals surface area (Å²) in [6.07, 6.45) is 3.26. The van der Waals surface area contributed by atoms with Crippen LogP contribution in [0.2, 0.25) is 0 Å². The molecule has 4 rings (SSSR count). The van der Waals surface area contributed by atoms with Gasteiger partial charge in [0.05, 0.1) is 11.5 Å². The highest BCUT2D eigenvalue weighted by atomic mass is 16.6. The average molecular weight is 439 g/mol. The molecule has 1 unspecified atom stereocenters. The Morgan fingerprint density at radius 3 is 2.59 bits per heavy atom. The van der Waals surface area contributed by atoms with Crippen molar-refractivity contribution in [3.63, 3.8) is 0 Å². The number of hydrogen-bond acceptors (Lipinski definition) is 6. The molecule has 0 aliphatic carbocycles.